The molecule has 3 unspecified atom stereocenters. The van der Waals surface area contributed by atoms with E-state index in [0.29, 0.717) is 23.8 Å². The van der Waals surface area contributed by atoms with Crippen molar-refractivity contribution in [2.24, 2.45) is 17.8 Å². The molecule has 3 atom stereocenters. The van der Waals surface area contributed by atoms with E-state index in [-0.39, 0.29) is 0 Å². The van der Waals surface area contributed by atoms with Gasteiger partial charge in [-0.3, -0.25) is 4.79 Å². The lowest BCUT2D eigenvalue weighted by molar-refractivity contribution is -0.924. The average Bonchev–Trinajstić information content (AvgIpc) is 2.75. The van der Waals surface area contributed by atoms with Crippen LogP contribution in [0, 0.1) is 17.8 Å². The molecule has 2 heterocycles. The number of piperidine rings is 2. The Hall–Kier alpha value is -0.410. The molecule has 2 aliphatic carbocycles. The summed E-state index contributed by atoms with van der Waals surface area (Å²) in [4.78, 5) is 14.8. The first kappa shape index (κ1) is 19.9. The normalized spacial score (nSPS) is 39.2. The van der Waals surface area contributed by atoms with Crippen molar-refractivity contribution < 1.29 is 9.69 Å². The molecule has 4 aliphatic rings. The summed E-state index contributed by atoms with van der Waals surface area (Å²) >= 11 is 0. The summed E-state index contributed by atoms with van der Waals surface area (Å²) in [5.74, 6) is 2.93. The molecule has 0 radical (unpaired) electrons. The first-order valence-corrected chi connectivity index (χ1v) is 12.4. The Morgan fingerprint density at radius 1 is 0.741 bits per heavy atom. The van der Waals surface area contributed by atoms with Gasteiger partial charge in [-0.05, 0) is 69.7 Å². The maximum atomic E-state index is 13.1. The average molecular weight is 376 g/mol. The maximum Gasteiger partial charge on any atom is 0.189 e. The smallest absolute Gasteiger partial charge is 0.189 e. The number of Topliss-reactive ketones (excluding diaryl/α,β-unsaturated/α-hetero) is 1. The summed E-state index contributed by atoms with van der Waals surface area (Å²) in [6, 6.07) is 1.37. The number of carbonyl (C=O) groups excluding carboxylic acids is 1. The van der Waals surface area contributed by atoms with E-state index in [1.165, 1.54) is 109 Å². The molecule has 154 valence electrons. The van der Waals surface area contributed by atoms with Crippen LogP contribution in [0.25, 0.3) is 0 Å². The monoisotopic (exact) mass is 375 g/mol. The molecule has 0 bridgehead atoms. The van der Waals surface area contributed by atoms with E-state index in [2.05, 4.69) is 5.32 Å². The molecule has 27 heavy (non-hydrogen) atoms. The third-order valence-corrected chi connectivity index (χ3v) is 8.57. The largest absolute Gasteiger partial charge is 0.325 e. The van der Waals surface area contributed by atoms with E-state index < -0.39 is 0 Å². The predicted molar refractivity (Wildman–Crippen MR) is 111 cm³/mol. The molecule has 2 saturated heterocycles. The molecular weight excluding hydrogens is 332 g/mol. The fraction of sp³-hybridized carbons (Fsp3) is 0.958. The van der Waals surface area contributed by atoms with Gasteiger partial charge in [-0.25, -0.2) is 0 Å². The molecule has 4 fully saturated rings. The topological polar surface area (TPSA) is 33.5 Å². The van der Waals surface area contributed by atoms with Crippen molar-refractivity contribution in [3.05, 3.63) is 0 Å². The molecule has 0 aromatic rings. The van der Waals surface area contributed by atoms with Gasteiger partial charge in [-0.15, -0.1) is 0 Å². The number of rotatable bonds is 5. The van der Waals surface area contributed by atoms with Crippen LogP contribution in [0.1, 0.15) is 96.3 Å². The summed E-state index contributed by atoms with van der Waals surface area (Å²) in [5.41, 5.74) is 0. The molecule has 0 aromatic carbocycles. The molecular formula is C24H43N2O+. The van der Waals surface area contributed by atoms with Crippen LogP contribution in [0.5, 0.6) is 0 Å². The highest BCUT2D eigenvalue weighted by atomic mass is 16.1. The number of nitrogens with one attached hydrogen (secondary N) is 2. The van der Waals surface area contributed by atoms with Gasteiger partial charge in [-0.1, -0.05) is 38.5 Å². The van der Waals surface area contributed by atoms with Crippen LogP contribution in [-0.4, -0.2) is 37.5 Å². The van der Waals surface area contributed by atoms with Crippen molar-refractivity contribution in [2.45, 2.75) is 108 Å². The van der Waals surface area contributed by atoms with Crippen molar-refractivity contribution in [3.63, 3.8) is 0 Å². The van der Waals surface area contributed by atoms with Gasteiger partial charge in [-0.2, -0.15) is 0 Å². The predicted octanol–water partition coefficient (Wildman–Crippen LogP) is 3.52. The molecule has 0 aromatic heterocycles. The number of ketones is 1. The first-order valence-electron chi connectivity index (χ1n) is 12.4. The molecule has 3 heteroatoms. The third-order valence-electron chi connectivity index (χ3n) is 8.57. The minimum atomic E-state index is 0.388. The second-order valence-electron chi connectivity index (χ2n) is 10.2. The Labute approximate surface area is 167 Å². The Bertz CT molecular complexity index is 459. The minimum Gasteiger partial charge on any atom is -0.325 e. The molecule has 0 spiro atoms. The number of quaternary nitrogens is 1. The second kappa shape index (κ2) is 9.87. The van der Waals surface area contributed by atoms with E-state index in [9.17, 15) is 4.79 Å². The molecule has 2 saturated carbocycles. The van der Waals surface area contributed by atoms with E-state index in [1.54, 1.807) is 4.90 Å². The van der Waals surface area contributed by atoms with Crippen LogP contribution in [0.15, 0.2) is 0 Å². The van der Waals surface area contributed by atoms with E-state index >= 15 is 0 Å². The molecule has 0 amide bonds. The fourth-order valence-corrected chi connectivity index (χ4v) is 6.92. The van der Waals surface area contributed by atoms with Crippen LogP contribution >= 0.6 is 0 Å². The first-order chi connectivity index (χ1) is 13.3. The Morgan fingerprint density at radius 2 is 1.44 bits per heavy atom. The second-order valence-corrected chi connectivity index (χ2v) is 10.2. The van der Waals surface area contributed by atoms with Crippen LogP contribution in [0.2, 0.25) is 0 Å². The van der Waals surface area contributed by atoms with Gasteiger partial charge in [0, 0.05) is 12.3 Å². The van der Waals surface area contributed by atoms with E-state index in [0.717, 1.165) is 18.4 Å². The number of hydrogen-bond acceptors (Lipinski definition) is 2. The van der Waals surface area contributed by atoms with Crippen molar-refractivity contribution >= 4 is 5.78 Å². The number of likely N-dealkylation sites (tertiary alicyclic amines) is 1. The SMILES string of the molecule is O=C(C[NH+]1CCCCC1C1CCCCN1)C1CCC(C2CCCCC2)CC1. The molecule has 2 N–H and O–H groups in total. The van der Waals surface area contributed by atoms with Gasteiger partial charge in [0.25, 0.3) is 0 Å². The van der Waals surface area contributed by atoms with E-state index in [4.69, 9.17) is 0 Å². The van der Waals surface area contributed by atoms with Gasteiger partial charge in [0.2, 0.25) is 0 Å². The highest BCUT2D eigenvalue weighted by Gasteiger charge is 2.37. The zero-order valence-corrected chi connectivity index (χ0v) is 17.5. The van der Waals surface area contributed by atoms with Crippen LogP contribution in [0.4, 0.5) is 0 Å². The lowest BCUT2D eigenvalue weighted by atomic mass is 9.70. The summed E-state index contributed by atoms with van der Waals surface area (Å²) in [6.07, 6.45) is 20.4. The van der Waals surface area contributed by atoms with Crippen LogP contribution < -0.4 is 10.2 Å². The number of carbonyl (C=O) groups is 1. The van der Waals surface area contributed by atoms with Gasteiger partial charge < -0.3 is 10.2 Å². The molecule has 2 aliphatic heterocycles. The van der Waals surface area contributed by atoms with Crippen molar-refractivity contribution in [3.8, 4) is 0 Å². The van der Waals surface area contributed by atoms with Gasteiger partial charge in [0.15, 0.2) is 5.78 Å². The standard InChI is InChI=1S/C24H42N2O/c27-24(21-14-12-20(13-15-21)19-8-2-1-3-9-19)18-26-17-7-5-11-23(26)22-10-4-6-16-25-22/h19-23,25H,1-18H2/p+1. The van der Waals surface area contributed by atoms with Gasteiger partial charge in [0.05, 0.1) is 12.6 Å². The fourth-order valence-electron chi connectivity index (χ4n) is 6.92. The summed E-state index contributed by atoms with van der Waals surface area (Å²) in [6.45, 7) is 3.24. The van der Waals surface area contributed by atoms with Crippen LogP contribution in [0.3, 0.4) is 0 Å². The van der Waals surface area contributed by atoms with Gasteiger partial charge >= 0.3 is 0 Å². The Balaban J connectivity index is 1.26. The highest BCUT2D eigenvalue weighted by molar-refractivity contribution is 5.82. The quantitative estimate of drug-likeness (QED) is 0.771. The minimum absolute atomic E-state index is 0.388. The van der Waals surface area contributed by atoms with Crippen molar-refractivity contribution in [1.29, 1.82) is 0 Å². The Kier molecular flexibility index (Phi) is 7.27. The maximum absolute atomic E-state index is 13.1. The lowest BCUT2D eigenvalue weighted by Gasteiger charge is -2.40. The third kappa shape index (κ3) is 5.15. The zero-order valence-electron chi connectivity index (χ0n) is 17.5. The summed E-state index contributed by atoms with van der Waals surface area (Å²) in [5, 5.41) is 3.78. The summed E-state index contributed by atoms with van der Waals surface area (Å²) < 4.78 is 0. The van der Waals surface area contributed by atoms with Crippen molar-refractivity contribution in [1.82, 2.24) is 5.32 Å². The van der Waals surface area contributed by atoms with Crippen molar-refractivity contribution in [2.75, 3.05) is 19.6 Å². The number of hydrogen-bond donors (Lipinski definition) is 2. The molecule has 3 nitrogen and oxygen atoms in total. The van der Waals surface area contributed by atoms with Crippen LogP contribution in [-0.2, 0) is 4.79 Å². The molecule has 4 rings (SSSR count). The summed E-state index contributed by atoms with van der Waals surface area (Å²) in [7, 11) is 0. The van der Waals surface area contributed by atoms with E-state index in [1.807, 2.05) is 0 Å². The Morgan fingerprint density at radius 3 is 2.19 bits per heavy atom. The highest BCUT2D eigenvalue weighted by Crippen LogP contribution is 2.40. The lowest BCUT2D eigenvalue weighted by Crippen LogP contribution is -3.19. The van der Waals surface area contributed by atoms with Gasteiger partial charge in [0.1, 0.15) is 12.6 Å². The zero-order chi connectivity index (χ0) is 18.5.